The summed E-state index contributed by atoms with van der Waals surface area (Å²) in [7, 11) is 5.90. The second-order valence-corrected chi connectivity index (χ2v) is 11.2. The number of hydrogen-bond acceptors (Lipinski definition) is 5. The third-order valence-corrected chi connectivity index (χ3v) is 10.3. The molecule has 2 heterocycles. The second-order valence-electron chi connectivity index (χ2n) is 11.2. The highest BCUT2D eigenvalue weighted by atomic mass is 16.6. The smallest absolute Gasteiger partial charge is 0.165 e. The first-order valence-electron chi connectivity index (χ1n) is 12.2. The van der Waals surface area contributed by atoms with Crippen LogP contribution in [0, 0.1) is 11.3 Å². The molecule has 1 N–H and O–H groups in total. The lowest BCUT2D eigenvalue weighted by Gasteiger charge is -2.74. The Morgan fingerprint density at radius 1 is 1.26 bits per heavy atom. The van der Waals surface area contributed by atoms with Crippen LogP contribution in [0.25, 0.3) is 0 Å². The van der Waals surface area contributed by atoms with Crippen molar-refractivity contribution in [3.05, 3.63) is 23.3 Å². The molecule has 4 bridgehead atoms. The van der Waals surface area contributed by atoms with Gasteiger partial charge in [-0.3, -0.25) is 0 Å². The molecule has 2 unspecified atom stereocenters. The van der Waals surface area contributed by atoms with Gasteiger partial charge in [0.15, 0.2) is 11.5 Å². The number of piperidine rings is 1. The molecule has 0 radical (unpaired) electrons. The maximum absolute atomic E-state index is 11.8. The number of fused-ring (bicyclic) bond motifs is 2. The van der Waals surface area contributed by atoms with E-state index >= 15 is 0 Å². The van der Waals surface area contributed by atoms with E-state index in [0.29, 0.717) is 6.04 Å². The van der Waals surface area contributed by atoms with Crippen molar-refractivity contribution in [3.63, 3.8) is 0 Å². The van der Waals surface area contributed by atoms with Crippen LogP contribution < -0.4 is 9.47 Å². The molecular formula is C26H37NO4. The molecule has 1 saturated heterocycles. The van der Waals surface area contributed by atoms with Crippen LogP contribution in [0.15, 0.2) is 12.1 Å². The van der Waals surface area contributed by atoms with Gasteiger partial charge in [0, 0.05) is 35.5 Å². The molecule has 170 valence electrons. The predicted molar refractivity (Wildman–Crippen MR) is 119 cm³/mol. The van der Waals surface area contributed by atoms with Crippen molar-refractivity contribution in [1.82, 2.24) is 4.90 Å². The zero-order valence-electron chi connectivity index (χ0n) is 19.7. The Kier molecular flexibility index (Phi) is 4.05. The number of ether oxygens (including phenoxy) is 3. The Balaban J connectivity index is 1.64. The zero-order chi connectivity index (χ0) is 21.8. The summed E-state index contributed by atoms with van der Waals surface area (Å²) in [4.78, 5) is 2.60. The van der Waals surface area contributed by atoms with Crippen molar-refractivity contribution in [2.75, 3.05) is 27.8 Å². The molecule has 6 aliphatic rings. The van der Waals surface area contributed by atoms with Gasteiger partial charge in [0.1, 0.15) is 11.7 Å². The third-order valence-electron chi connectivity index (χ3n) is 10.3. The lowest BCUT2D eigenvalue weighted by atomic mass is 9.33. The molecule has 3 saturated carbocycles. The highest BCUT2D eigenvalue weighted by Gasteiger charge is 2.81. The quantitative estimate of drug-likeness (QED) is 0.777. The molecule has 31 heavy (non-hydrogen) atoms. The van der Waals surface area contributed by atoms with Crippen LogP contribution in [0.4, 0.5) is 0 Å². The lowest BCUT2D eigenvalue weighted by molar-refractivity contribution is -0.301. The van der Waals surface area contributed by atoms with Gasteiger partial charge >= 0.3 is 0 Å². The van der Waals surface area contributed by atoms with E-state index in [9.17, 15) is 5.11 Å². The van der Waals surface area contributed by atoms with Gasteiger partial charge in [-0.05, 0) is 70.7 Å². The summed E-state index contributed by atoms with van der Waals surface area (Å²) in [6.45, 7) is 5.29. The van der Waals surface area contributed by atoms with Crippen molar-refractivity contribution >= 4 is 0 Å². The average molecular weight is 428 g/mol. The number of aliphatic hydroxyl groups is 1. The van der Waals surface area contributed by atoms with E-state index < -0.39 is 11.2 Å². The number of likely N-dealkylation sites (tertiary alicyclic amines) is 1. The third kappa shape index (κ3) is 2.06. The summed E-state index contributed by atoms with van der Waals surface area (Å²) in [5.74, 6) is 1.86. The summed E-state index contributed by atoms with van der Waals surface area (Å²) in [5, 5.41) is 11.8. The summed E-state index contributed by atoms with van der Waals surface area (Å²) in [6, 6.07) is 4.84. The normalized spacial score (nSPS) is 43.9. The molecule has 4 fully saturated rings. The first kappa shape index (κ1) is 20.3. The molecule has 2 aliphatic heterocycles. The Labute approximate surface area is 186 Å². The van der Waals surface area contributed by atoms with E-state index in [1.165, 1.54) is 11.1 Å². The Morgan fingerprint density at radius 2 is 2.06 bits per heavy atom. The van der Waals surface area contributed by atoms with Crippen LogP contribution in [-0.4, -0.2) is 61.2 Å². The van der Waals surface area contributed by atoms with Gasteiger partial charge in [-0.1, -0.05) is 19.4 Å². The maximum Gasteiger partial charge on any atom is 0.165 e. The first-order valence-corrected chi connectivity index (χ1v) is 12.2. The fraction of sp³-hybridized carbons (Fsp3) is 0.769. The van der Waals surface area contributed by atoms with Crippen molar-refractivity contribution in [3.8, 4) is 11.5 Å². The number of nitrogens with zero attached hydrogens (tertiary/aromatic N) is 1. The van der Waals surface area contributed by atoms with Crippen molar-refractivity contribution in [1.29, 1.82) is 0 Å². The average Bonchev–Trinajstić information content (AvgIpc) is 3.13. The standard InChI is InChI=1S/C26H37NO4/c1-6-9-23(2,28)18-15-24-10-11-26(18,30-5)22-25(24)12-13-27(3)19(24)14-16-7-8-17(29-4)21(31-22)20(16)25/h7-8,18-19,22,28H,6,9-15H2,1-5H3/t18-,19-,22-,23?,24-,25+,26?/m1/s1. The molecule has 7 atom stereocenters. The summed E-state index contributed by atoms with van der Waals surface area (Å²) < 4.78 is 19.3. The SMILES string of the molecule is CCCC(C)(O)[C@H]1C[C@@]23CCC1(OC)[C@@H]1Oc4c(OC)ccc5c4[C@@]12CCN(C)[C@@H]3C5. The fourth-order valence-corrected chi connectivity index (χ4v) is 9.24. The van der Waals surface area contributed by atoms with Gasteiger partial charge in [0.2, 0.25) is 0 Å². The van der Waals surface area contributed by atoms with Crippen molar-refractivity contribution in [2.45, 2.75) is 87.6 Å². The number of benzene rings is 1. The van der Waals surface area contributed by atoms with Crippen LogP contribution in [0.1, 0.15) is 63.5 Å². The molecule has 1 aromatic rings. The van der Waals surface area contributed by atoms with E-state index in [2.05, 4.69) is 31.0 Å². The zero-order valence-corrected chi connectivity index (χ0v) is 19.7. The van der Waals surface area contributed by atoms with E-state index in [4.69, 9.17) is 14.2 Å². The van der Waals surface area contributed by atoms with Crippen LogP contribution >= 0.6 is 0 Å². The summed E-state index contributed by atoms with van der Waals surface area (Å²) in [6.07, 6.45) is 6.95. The van der Waals surface area contributed by atoms with Gasteiger partial charge in [-0.15, -0.1) is 0 Å². The van der Waals surface area contributed by atoms with Crippen LogP contribution in [0.5, 0.6) is 11.5 Å². The summed E-state index contributed by atoms with van der Waals surface area (Å²) in [5.41, 5.74) is 1.66. The van der Waals surface area contributed by atoms with E-state index in [-0.39, 0.29) is 22.9 Å². The largest absolute Gasteiger partial charge is 0.493 e. The molecule has 2 spiro atoms. The molecule has 5 heteroatoms. The van der Waals surface area contributed by atoms with Crippen molar-refractivity contribution < 1.29 is 19.3 Å². The van der Waals surface area contributed by atoms with Gasteiger partial charge in [-0.25, -0.2) is 0 Å². The number of methoxy groups -OCH3 is 2. The molecule has 7 rings (SSSR count). The van der Waals surface area contributed by atoms with E-state index in [0.717, 1.165) is 63.0 Å². The molecular weight excluding hydrogens is 390 g/mol. The number of rotatable bonds is 5. The Morgan fingerprint density at radius 3 is 2.77 bits per heavy atom. The lowest BCUT2D eigenvalue weighted by Crippen LogP contribution is -2.82. The molecule has 0 aromatic heterocycles. The molecule has 4 aliphatic carbocycles. The van der Waals surface area contributed by atoms with Crippen LogP contribution in [-0.2, 0) is 16.6 Å². The predicted octanol–water partition coefficient (Wildman–Crippen LogP) is 3.69. The van der Waals surface area contributed by atoms with Crippen LogP contribution in [0.3, 0.4) is 0 Å². The summed E-state index contributed by atoms with van der Waals surface area (Å²) >= 11 is 0. The van der Waals surface area contributed by atoms with Crippen LogP contribution in [0.2, 0.25) is 0 Å². The monoisotopic (exact) mass is 427 g/mol. The van der Waals surface area contributed by atoms with Crippen molar-refractivity contribution in [2.24, 2.45) is 11.3 Å². The fourth-order valence-electron chi connectivity index (χ4n) is 9.24. The van der Waals surface area contributed by atoms with Gasteiger partial charge in [-0.2, -0.15) is 0 Å². The van der Waals surface area contributed by atoms with E-state index in [1.54, 1.807) is 7.11 Å². The molecule has 1 aromatic carbocycles. The minimum absolute atomic E-state index is 0.0469. The van der Waals surface area contributed by atoms with E-state index in [1.807, 2.05) is 14.0 Å². The molecule has 5 nitrogen and oxygen atoms in total. The first-order chi connectivity index (χ1) is 14.8. The minimum atomic E-state index is -0.769. The van der Waals surface area contributed by atoms with Gasteiger partial charge < -0.3 is 24.2 Å². The maximum atomic E-state index is 11.8. The Hall–Kier alpha value is -1.30. The highest BCUT2D eigenvalue weighted by molar-refractivity contribution is 5.63. The number of hydrogen-bond donors (Lipinski definition) is 1. The molecule has 0 amide bonds. The van der Waals surface area contributed by atoms with Gasteiger partial charge in [0.25, 0.3) is 0 Å². The van der Waals surface area contributed by atoms with Gasteiger partial charge in [0.05, 0.1) is 12.7 Å². The highest BCUT2D eigenvalue weighted by Crippen LogP contribution is 2.77. The second kappa shape index (κ2) is 6.18. The minimum Gasteiger partial charge on any atom is -0.493 e. The number of likely N-dealkylation sites (N-methyl/N-ethyl adjacent to an activating group) is 1. The Bertz CT molecular complexity index is 930. The topological polar surface area (TPSA) is 51.2 Å².